The van der Waals surface area contributed by atoms with Crippen molar-refractivity contribution in [1.82, 2.24) is 0 Å². The first-order valence-corrected chi connectivity index (χ1v) is 5.79. The van der Waals surface area contributed by atoms with E-state index in [0.717, 1.165) is 11.6 Å². The molecule has 0 atom stereocenters. The highest BCUT2D eigenvalue weighted by atomic mass is 19.1. The van der Waals surface area contributed by atoms with Gasteiger partial charge in [0.2, 0.25) is 0 Å². The first kappa shape index (κ1) is 10.5. The number of benzene rings is 2. The summed E-state index contributed by atoms with van der Waals surface area (Å²) in [6.45, 7) is 0. The van der Waals surface area contributed by atoms with Crippen molar-refractivity contribution in [2.24, 2.45) is 0 Å². The molecule has 0 bridgehead atoms. The van der Waals surface area contributed by atoms with Crippen LogP contribution in [0.2, 0.25) is 0 Å². The third kappa shape index (κ3) is 2.07. The van der Waals surface area contributed by atoms with Crippen molar-refractivity contribution in [2.45, 2.75) is 18.8 Å². The van der Waals surface area contributed by atoms with Crippen molar-refractivity contribution in [3.8, 4) is 11.1 Å². The van der Waals surface area contributed by atoms with Crippen LogP contribution in [0.25, 0.3) is 11.1 Å². The van der Waals surface area contributed by atoms with Crippen LogP contribution in [-0.4, -0.2) is 0 Å². The molecule has 0 aliphatic heterocycles. The van der Waals surface area contributed by atoms with Crippen molar-refractivity contribution in [1.29, 1.82) is 0 Å². The van der Waals surface area contributed by atoms with Crippen LogP contribution >= 0.6 is 0 Å². The van der Waals surface area contributed by atoms with Gasteiger partial charge in [-0.05, 0) is 42.0 Å². The second-order valence-corrected chi connectivity index (χ2v) is 4.52. The highest BCUT2D eigenvalue weighted by Crippen LogP contribution is 2.40. The average Bonchev–Trinajstić information content (AvgIpc) is 3.13. The third-order valence-corrected chi connectivity index (χ3v) is 3.20. The van der Waals surface area contributed by atoms with Gasteiger partial charge in [-0.15, -0.1) is 0 Å². The first-order valence-electron chi connectivity index (χ1n) is 5.79. The average molecular weight is 230 g/mol. The standard InChI is InChI=1S/C15H12F2/c16-13-7-8-14(15(17)9-13)12-5-3-11(4-6-12)10-1-2-10/h3-10H,1-2H2. The van der Waals surface area contributed by atoms with Gasteiger partial charge in [-0.2, -0.15) is 0 Å². The predicted octanol–water partition coefficient (Wildman–Crippen LogP) is 4.51. The van der Waals surface area contributed by atoms with Crippen LogP contribution in [0, 0.1) is 11.6 Å². The minimum atomic E-state index is -0.541. The molecule has 0 nitrogen and oxygen atoms in total. The minimum absolute atomic E-state index is 0.453. The fourth-order valence-corrected chi connectivity index (χ4v) is 2.08. The smallest absolute Gasteiger partial charge is 0.133 e. The maximum Gasteiger partial charge on any atom is 0.133 e. The van der Waals surface area contributed by atoms with E-state index >= 15 is 0 Å². The lowest BCUT2D eigenvalue weighted by atomic mass is 10.0. The zero-order valence-corrected chi connectivity index (χ0v) is 9.29. The van der Waals surface area contributed by atoms with Crippen molar-refractivity contribution < 1.29 is 8.78 Å². The van der Waals surface area contributed by atoms with E-state index < -0.39 is 11.6 Å². The predicted molar refractivity (Wildman–Crippen MR) is 63.8 cm³/mol. The Bertz CT molecular complexity index is 539. The third-order valence-electron chi connectivity index (χ3n) is 3.20. The van der Waals surface area contributed by atoms with Crippen LogP contribution < -0.4 is 0 Å². The molecule has 0 amide bonds. The van der Waals surface area contributed by atoms with Gasteiger partial charge < -0.3 is 0 Å². The van der Waals surface area contributed by atoms with Crippen molar-refractivity contribution in [2.75, 3.05) is 0 Å². The molecule has 0 spiro atoms. The summed E-state index contributed by atoms with van der Waals surface area (Å²) in [6, 6.07) is 11.6. The van der Waals surface area contributed by atoms with E-state index in [0.29, 0.717) is 11.5 Å². The lowest BCUT2D eigenvalue weighted by Gasteiger charge is -2.05. The van der Waals surface area contributed by atoms with Gasteiger partial charge in [-0.3, -0.25) is 0 Å². The summed E-state index contributed by atoms with van der Waals surface area (Å²) in [4.78, 5) is 0. The Morgan fingerprint density at radius 3 is 2.18 bits per heavy atom. The van der Waals surface area contributed by atoms with Crippen LogP contribution in [0.15, 0.2) is 42.5 Å². The SMILES string of the molecule is Fc1ccc(-c2ccc(C3CC3)cc2)c(F)c1. The van der Waals surface area contributed by atoms with Gasteiger partial charge >= 0.3 is 0 Å². The van der Waals surface area contributed by atoms with Gasteiger partial charge in [0.25, 0.3) is 0 Å². The van der Waals surface area contributed by atoms with Crippen molar-refractivity contribution >= 4 is 0 Å². The van der Waals surface area contributed by atoms with E-state index in [1.54, 1.807) is 0 Å². The summed E-state index contributed by atoms with van der Waals surface area (Å²) in [7, 11) is 0. The molecule has 0 radical (unpaired) electrons. The molecule has 1 saturated carbocycles. The summed E-state index contributed by atoms with van der Waals surface area (Å²) < 4.78 is 26.4. The van der Waals surface area contributed by atoms with Crippen LogP contribution in [-0.2, 0) is 0 Å². The molecule has 0 unspecified atom stereocenters. The lowest BCUT2D eigenvalue weighted by Crippen LogP contribution is -1.87. The molecule has 2 heteroatoms. The molecular formula is C15H12F2. The second kappa shape index (κ2) is 3.95. The Balaban J connectivity index is 1.97. The van der Waals surface area contributed by atoms with E-state index in [9.17, 15) is 8.78 Å². The lowest BCUT2D eigenvalue weighted by molar-refractivity contribution is 0.585. The summed E-state index contributed by atoms with van der Waals surface area (Å²) in [6.07, 6.45) is 2.51. The maximum absolute atomic E-state index is 13.6. The minimum Gasteiger partial charge on any atom is -0.207 e. The molecule has 1 aliphatic carbocycles. The molecule has 2 aromatic rings. The zero-order valence-electron chi connectivity index (χ0n) is 9.29. The van der Waals surface area contributed by atoms with Gasteiger partial charge in [0, 0.05) is 11.6 Å². The van der Waals surface area contributed by atoms with E-state index in [1.807, 2.05) is 24.3 Å². The van der Waals surface area contributed by atoms with Crippen molar-refractivity contribution in [3.05, 3.63) is 59.7 Å². The van der Waals surface area contributed by atoms with Crippen LogP contribution in [0.5, 0.6) is 0 Å². The molecule has 0 aromatic heterocycles. The normalized spacial score (nSPS) is 14.9. The zero-order chi connectivity index (χ0) is 11.8. The molecule has 0 saturated heterocycles. The molecule has 0 heterocycles. The molecule has 1 aliphatic rings. The molecule has 86 valence electrons. The Hall–Kier alpha value is -1.70. The maximum atomic E-state index is 13.6. The molecule has 2 aromatic carbocycles. The quantitative estimate of drug-likeness (QED) is 0.712. The molecule has 0 N–H and O–H groups in total. The van der Waals surface area contributed by atoms with Crippen LogP contribution in [0.3, 0.4) is 0 Å². The van der Waals surface area contributed by atoms with Gasteiger partial charge in [0.05, 0.1) is 0 Å². The van der Waals surface area contributed by atoms with Crippen LogP contribution in [0.4, 0.5) is 8.78 Å². The Morgan fingerprint density at radius 2 is 1.59 bits per heavy atom. The van der Waals surface area contributed by atoms with Gasteiger partial charge in [0.15, 0.2) is 0 Å². The number of hydrogen-bond donors (Lipinski definition) is 0. The Kier molecular flexibility index (Phi) is 2.43. The fourth-order valence-electron chi connectivity index (χ4n) is 2.08. The summed E-state index contributed by atoms with van der Waals surface area (Å²) >= 11 is 0. The Morgan fingerprint density at radius 1 is 0.882 bits per heavy atom. The highest BCUT2D eigenvalue weighted by molar-refractivity contribution is 5.64. The second-order valence-electron chi connectivity index (χ2n) is 4.52. The number of hydrogen-bond acceptors (Lipinski definition) is 0. The summed E-state index contributed by atoms with van der Waals surface area (Å²) in [5.74, 6) is -0.355. The number of halogens is 2. The van der Waals surface area contributed by atoms with E-state index in [2.05, 4.69) is 0 Å². The molecule has 17 heavy (non-hydrogen) atoms. The molecule has 3 rings (SSSR count). The van der Waals surface area contributed by atoms with Crippen LogP contribution in [0.1, 0.15) is 24.3 Å². The highest BCUT2D eigenvalue weighted by Gasteiger charge is 2.23. The van der Waals surface area contributed by atoms with E-state index in [4.69, 9.17) is 0 Å². The Labute approximate surface area is 98.9 Å². The molecular weight excluding hydrogens is 218 g/mol. The molecule has 1 fully saturated rings. The van der Waals surface area contributed by atoms with E-state index in [1.165, 1.54) is 30.5 Å². The van der Waals surface area contributed by atoms with Gasteiger partial charge in [0.1, 0.15) is 11.6 Å². The van der Waals surface area contributed by atoms with E-state index in [-0.39, 0.29) is 0 Å². The largest absolute Gasteiger partial charge is 0.207 e. The monoisotopic (exact) mass is 230 g/mol. The van der Waals surface area contributed by atoms with Crippen molar-refractivity contribution in [3.63, 3.8) is 0 Å². The number of rotatable bonds is 2. The fraction of sp³-hybridized carbons (Fsp3) is 0.200. The van der Waals surface area contributed by atoms with Gasteiger partial charge in [-0.25, -0.2) is 8.78 Å². The van der Waals surface area contributed by atoms with Gasteiger partial charge in [-0.1, -0.05) is 24.3 Å². The summed E-state index contributed by atoms with van der Waals surface area (Å²) in [5.41, 5.74) is 2.57. The first-order chi connectivity index (χ1) is 8.24. The summed E-state index contributed by atoms with van der Waals surface area (Å²) in [5, 5.41) is 0. The topological polar surface area (TPSA) is 0 Å².